The molecule has 0 radical (unpaired) electrons. The van der Waals surface area contributed by atoms with Crippen molar-refractivity contribution in [1.29, 1.82) is 0 Å². The molecule has 136 valence electrons. The summed E-state index contributed by atoms with van der Waals surface area (Å²) in [6.07, 6.45) is -1.70. The maximum Gasteiger partial charge on any atom is 0.407 e. The minimum Gasteiger partial charge on any atom is -0.465 e. The summed E-state index contributed by atoms with van der Waals surface area (Å²) in [7, 11) is 0. The lowest BCUT2D eigenvalue weighted by atomic mass is 9.91. The lowest BCUT2D eigenvalue weighted by Crippen LogP contribution is -2.53. The van der Waals surface area contributed by atoms with Crippen molar-refractivity contribution in [2.24, 2.45) is 0 Å². The fourth-order valence-electron chi connectivity index (χ4n) is 3.14. The number of rotatable bonds is 4. The van der Waals surface area contributed by atoms with Crippen LogP contribution in [-0.4, -0.2) is 45.8 Å². The van der Waals surface area contributed by atoms with Crippen LogP contribution in [0.4, 0.5) is 4.79 Å². The standard InChI is InChI=1S/C19H19ClN2O4/c20-15-7-5-12(6-8-15)18(24)21-10-17(23)16-9-13-3-1-2-4-14(13)11-22(16)19(25)26/h1-8,16-17,23H,9-11H2,(H,21,24)(H,25,26)/t16-,17+/m0/s1. The molecule has 0 unspecified atom stereocenters. The SMILES string of the molecule is O=C(NC[C@@H](O)[C@@H]1Cc2ccccc2CN1C(=O)O)c1ccc(Cl)cc1. The number of nitrogens with zero attached hydrogens (tertiary/aromatic N) is 1. The van der Waals surface area contributed by atoms with Crippen LogP contribution in [-0.2, 0) is 13.0 Å². The van der Waals surface area contributed by atoms with Crippen molar-refractivity contribution >= 4 is 23.6 Å². The number of carbonyl (C=O) groups excluding carboxylic acids is 1. The lowest BCUT2D eigenvalue weighted by Gasteiger charge is -2.37. The molecule has 0 aliphatic carbocycles. The van der Waals surface area contributed by atoms with E-state index in [1.54, 1.807) is 24.3 Å². The zero-order valence-electron chi connectivity index (χ0n) is 13.9. The van der Waals surface area contributed by atoms with Gasteiger partial charge in [0.25, 0.3) is 5.91 Å². The van der Waals surface area contributed by atoms with Crippen LogP contribution < -0.4 is 5.32 Å². The predicted octanol–water partition coefficient (Wildman–Crippen LogP) is 2.54. The Morgan fingerprint density at radius 2 is 1.81 bits per heavy atom. The molecular weight excluding hydrogens is 356 g/mol. The average molecular weight is 375 g/mol. The third kappa shape index (κ3) is 3.98. The van der Waals surface area contributed by atoms with Crippen molar-refractivity contribution in [2.75, 3.05) is 6.54 Å². The van der Waals surface area contributed by atoms with E-state index in [1.165, 1.54) is 4.90 Å². The Morgan fingerprint density at radius 1 is 1.15 bits per heavy atom. The molecule has 7 heteroatoms. The molecular formula is C19H19ClN2O4. The number of benzene rings is 2. The highest BCUT2D eigenvalue weighted by molar-refractivity contribution is 6.30. The first kappa shape index (κ1) is 18.2. The van der Waals surface area contributed by atoms with Crippen LogP contribution in [0.5, 0.6) is 0 Å². The number of amides is 2. The van der Waals surface area contributed by atoms with E-state index in [4.69, 9.17) is 11.6 Å². The maximum atomic E-state index is 12.2. The fraction of sp³-hybridized carbons (Fsp3) is 0.263. The van der Waals surface area contributed by atoms with Gasteiger partial charge in [-0.05, 0) is 41.8 Å². The third-order valence-electron chi connectivity index (χ3n) is 4.56. The molecule has 3 rings (SSSR count). The summed E-state index contributed by atoms with van der Waals surface area (Å²) in [4.78, 5) is 25.0. The summed E-state index contributed by atoms with van der Waals surface area (Å²) < 4.78 is 0. The molecule has 2 aromatic rings. The molecule has 1 aliphatic heterocycles. The van der Waals surface area contributed by atoms with E-state index >= 15 is 0 Å². The third-order valence-corrected chi connectivity index (χ3v) is 4.81. The van der Waals surface area contributed by atoms with E-state index in [0.717, 1.165) is 11.1 Å². The zero-order valence-corrected chi connectivity index (χ0v) is 14.7. The van der Waals surface area contributed by atoms with Crippen molar-refractivity contribution in [3.8, 4) is 0 Å². The number of aliphatic hydroxyl groups is 1. The number of hydrogen-bond acceptors (Lipinski definition) is 3. The van der Waals surface area contributed by atoms with Gasteiger partial charge in [-0.1, -0.05) is 35.9 Å². The summed E-state index contributed by atoms with van der Waals surface area (Å²) in [6, 6.07) is 13.3. The Labute approximate surface area is 156 Å². The summed E-state index contributed by atoms with van der Waals surface area (Å²) in [6.45, 7) is 0.177. The summed E-state index contributed by atoms with van der Waals surface area (Å²) >= 11 is 5.80. The molecule has 0 spiro atoms. The van der Waals surface area contributed by atoms with Gasteiger partial charge in [0.05, 0.1) is 12.1 Å². The highest BCUT2D eigenvalue weighted by Gasteiger charge is 2.34. The highest BCUT2D eigenvalue weighted by atomic mass is 35.5. The number of carbonyl (C=O) groups is 2. The van der Waals surface area contributed by atoms with Gasteiger partial charge < -0.3 is 15.5 Å². The molecule has 0 fully saturated rings. The normalized spacial score (nSPS) is 17.3. The Bertz CT molecular complexity index is 809. The van der Waals surface area contributed by atoms with Crippen LogP contribution in [0.1, 0.15) is 21.5 Å². The van der Waals surface area contributed by atoms with Crippen LogP contribution in [0.3, 0.4) is 0 Å². The zero-order chi connectivity index (χ0) is 18.7. The molecule has 0 saturated heterocycles. The van der Waals surface area contributed by atoms with Gasteiger partial charge in [0.15, 0.2) is 0 Å². The number of nitrogens with one attached hydrogen (secondary N) is 1. The van der Waals surface area contributed by atoms with E-state index in [1.807, 2.05) is 24.3 Å². The van der Waals surface area contributed by atoms with Crippen molar-refractivity contribution in [1.82, 2.24) is 10.2 Å². The number of fused-ring (bicyclic) bond motifs is 1. The minimum atomic E-state index is -1.09. The van der Waals surface area contributed by atoms with E-state index in [-0.39, 0.29) is 19.0 Å². The minimum absolute atomic E-state index is 0.0436. The first-order valence-corrected chi connectivity index (χ1v) is 8.61. The topological polar surface area (TPSA) is 89.9 Å². The summed E-state index contributed by atoms with van der Waals surface area (Å²) in [5.41, 5.74) is 2.37. The summed E-state index contributed by atoms with van der Waals surface area (Å²) in [5.74, 6) is -0.348. The Kier molecular flexibility index (Phi) is 5.44. The van der Waals surface area contributed by atoms with Gasteiger partial charge in [-0.15, -0.1) is 0 Å². The van der Waals surface area contributed by atoms with Crippen molar-refractivity contribution < 1.29 is 19.8 Å². The molecule has 2 amide bonds. The molecule has 6 nitrogen and oxygen atoms in total. The fourth-order valence-corrected chi connectivity index (χ4v) is 3.26. The Morgan fingerprint density at radius 3 is 2.46 bits per heavy atom. The monoisotopic (exact) mass is 374 g/mol. The molecule has 0 bridgehead atoms. The van der Waals surface area contributed by atoms with Crippen LogP contribution in [0.2, 0.25) is 5.02 Å². The van der Waals surface area contributed by atoms with Crippen LogP contribution in [0.15, 0.2) is 48.5 Å². The molecule has 3 N–H and O–H groups in total. The van der Waals surface area contributed by atoms with E-state index in [9.17, 15) is 19.8 Å². The predicted molar refractivity (Wildman–Crippen MR) is 97.3 cm³/mol. The molecule has 2 atom stereocenters. The van der Waals surface area contributed by atoms with Crippen LogP contribution in [0.25, 0.3) is 0 Å². The smallest absolute Gasteiger partial charge is 0.407 e. The quantitative estimate of drug-likeness (QED) is 0.767. The average Bonchev–Trinajstić information content (AvgIpc) is 2.65. The maximum absolute atomic E-state index is 12.2. The number of aliphatic hydroxyl groups excluding tert-OH is 1. The second kappa shape index (κ2) is 7.76. The van der Waals surface area contributed by atoms with Gasteiger partial charge >= 0.3 is 6.09 Å². The van der Waals surface area contributed by atoms with Gasteiger partial charge in [-0.2, -0.15) is 0 Å². The molecule has 2 aromatic carbocycles. The largest absolute Gasteiger partial charge is 0.465 e. The van der Waals surface area contributed by atoms with E-state index in [2.05, 4.69) is 5.32 Å². The first-order chi connectivity index (χ1) is 12.5. The molecule has 26 heavy (non-hydrogen) atoms. The number of carboxylic acid groups (broad SMARTS) is 1. The van der Waals surface area contributed by atoms with Crippen molar-refractivity contribution in [3.63, 3.8) is 0 Å². The number of hydrogen-bond donors (Lipinski definition) is 3. The molecule has 1 aliphatic rings. The second-order valence-electron chi connectivity index (χ2n) is 6.23. The van der Waals surface area contributed by atoms with Gasteiger partial charge in [0.1, 0.15) is 0 Å². The second-order valence-corrected chi connectivity index (χ2v) is 6.67. The van der Waals surface area contributed by atoms with Crippen LogP contribution >= 0.6 is 11.6 Å². The van der Waals surface area contributed by atoms with E-state index in [0.29, 0.717) is 17.0 Å². The molecule has 1 heterocycles. The van der Waals surface area contributed by atoms with Gasteiger partial charge in [-0.25, -0.2) is 4.79 Å². The van der Waals surface area contributed by atoms with Crippen molar-refractivity contribution in [2.45, 2.75) is 25.1 Å². The molecule has 0 saturated carbocycles. The van der Waals surface area contributed by atoms with Gasteiger partial charge in [-0.3, -0.25) is 9.69 Å². The first-order valence-electron chi connectivity index (χ1n) is 8.24. The lowest BCUT2D eigenvalue weighted by molar-refractivity contribution is 0.0382. The van der Waals surface area contributed by atoms with Crippen molar-refractivity contribution in [3.05, 3.63) is 70.2 Å². The Hall–Kier alpha value is -2.57. The highest BCUT2D eigenvalue weighted by Crippen LogP contribution is 2.25. The Balaban J connectivity index is 1.67. The van der Waals surface area contributed by atoms with E-state index < -0.39 is 18.2 Å². The number of halogens is 1. The van der Waals surface area contributed by atoms with Gasteiger partial charge in [0, 0.05) is 23.7 Å². The van der Waals surface area contributed by atoms with Gasteiger partial charge in [0.2, 0.25) is 0 Å². The van der Waals surface area contributed by atoms with Crippen LogP contribution in [0, 0.1) is 0 Å². The summed E-state index contributed by atoms with van der Waals surface area (Å²) in [5, 5.41) is 23.2. The molecule has 0 aromatic heterocycles.